The van der Waals surface area contributed by atoms with Crippen LogP contribution in [0.25, 0.3) is 0 Å². The van der Waals surface area contributed by atoms with Gasteiger partial charge in [-0.1, -0.05) is 210 Å². The molecule has 0 saturated heterocycles. The van der Waals surface area contributed by atoms with Gasteiger partial charge in [0.2, 0.25) is 5.91 Å². The van der Waals surface area contributed by atoms with Crippen molar-refractivity contribution in [2.45, 2.75) is 244 Å². The molecule has 0 aliphatic rings. The van der Waals surface area contributed by atoms with E-state index in [1.54, 1.807) is 6.08 Å². The Labute approximate surface area is 364 Å². The van der Waals surface area contributed by atoms with Gasteiger partial charge in [-0.25, -0.2) is 4.57 Å². The van der Waals surface area contributed by atoms with Crippen LogP contribution in [0.5, 0.6) is 0 Å². The number of nitrogens with two attached hydrogens (primary N) is 1. The molecule has 59 heavy (non-hydrogen) atoms. The Balaban J connectivity index is 4.18. The minimum absolute atomic E-state index is 0.0723. The number of hydrogen-bond donors (Lipinski definition) is 4. The van der Waals surface area contributed by atoms with E-state index in [-0.39, 0.29) is 25.7 Å². The van der Waals surface area contributed by atoms with Crippen LogP contribution in [-0.2, 0) is 18.4 Å². The van der Waals surface area contributed by atoms with Crippen LogP contribution < -0.4 is 11.1 Å². The van der Waals surface area contributed by atoms with E-state index in [1.165, 1.54) is 167 Å². The van der Waals surface area contributed by atoms with Crippen molar-refractivity contribution in [3.8, 4) is 0 Å². The summed E-state index contributed by atoms with van der Waals surface area (Å²) in [6.45, 7) is 4.12. The van der Waals surface area contributed by atoms with Crippen molar-refractivity contribution < 1.29 is 28.4 Å². The molecule has 0 saturated carbocycles. The zero-order valence-electron chi connectivity index (χ0n) is 38.5. The summed E-state index contributed by atoms with van der Waals surface area (Å²) in [7, 11) is -4.35. The van der Waals surface area contributed by atoms with E-state index in [1.807, 2.05) is 6.08 Å². The number of phosphoric ester groups is 1. The van der Waals surface area contributed by atoms with Crippen molar-refractivity contribution in [2.24, 2.45) is 5.73 Å². The highest BCUT2D eigenvalue weighted by Crippen LogP contribution is 2.43. The fraction of sp³-hybridized carbons (Fsp3) is 0.820. The molecule has 9 heteroatoms. The van der Waals surface area contributed by atoms with Gasteiger partial charge >= 0.3 is 7.82 Å². The summed E-state index contributed by atoms with van der Waals surface area (Å²) >= 11 is 0. The molecule has 5 N–H and O–H groups in total. The third-order valence-electron chi connectivity index (χ3n) is 10.9. The summed E-state index contributed by atoms with van der Waals surface area (Å²) in [5.41, 5.74) is 5.39. The maximum Gasteiger partial charge on any atom is 0.472 e. The van der Waals surface area contributed by atoms with Gasteiger partial charge in [-0.15, -0.1) is 0 Å². The van der Waals surface area contributed by atoms with Crippen LogP contribution in [0.4, 0.5) is 0 Å². The number of carbonyl (C=O) groups excluding carboxylic acids is 1. The van der Waals surface area contributed by atoms with Gasteiger partial charge in [0.15, 0.2) is 0 Å². The average Bonchev–Trinajstić information content (AvgIpc) is 3.22. The third kappa shape index (κ3) is 44.3. The van der Waals surface area contributed by atoms with Gasteiger partial charge in [0.25, 0.3) is 0 Å². The molecule has 0 aromatic heterocycles. The molecule has 0 rings (SSSR count). The van der Waals surface area contributed by atoms with E-state index in [2.05, 4.69) is 55.6 Å². The fourth-order valence-corrected chi connectivity index (χ4v) is 7.88. The largest absolute Gasteiger partial charge is 0.472 e. The molecule has 0 aliphatic carbocycles. The van der Waals surface area contributed by atoms with E-state index in [9.17, 15) is 19.4 Å². The lowest BCUT2D eigenvalue weighted by Gasteiger charge is -2.23. The molecule has 0 heterocycles. The van der Waals surface area contributed by atoms with Crippen molar-refractivity contribution in [1.29, 1.82) is 0 Å². The lowest BCUT2D eigenvalue weighted by atomic mass is 10.0. The molecule has 3 atom stereocenters. The molecule has 0 spiro atoms. The SMILES string of the molecule is CCCCCCC/C=C\C/C=C\CCCCCCCCCCCC(=O)NC(COP(=O)(O)OCCN)C(O)/C=C/CC/C=C/CCCCCCCCCCCCCCC. The molecule has 0 fully saturated rings. The second-order valence-electron chi connectivity index (χ2n) is 16.7. The van der Waals surface area contributed by atoms with Crippen LogP contribution in [0.15, 0.2) is 48.6 Å². The van der Waals surface area contributed by atoms with E-state index >= 15 is 0 Å². The quantitative estimate of drug-likeness (QED) is 0.0272. The molecule has 0 aromatic carbocycles. The summed E-state index contributed by atoms with van der Waals surface area (Å²) < 4.78 is 22.2. The number of rotatable bonds is 46. The lowest BCUT2D eigenvalue weighted by Crippen LogP contribution is -2.45. The van der Waals surface area contributed by atoms with Crippen LogP contribution in [0.2, 0.25) is 0 Å². The van der Waals surface area contributed by atoms with Gasteiger partial charge in [0.05, 0.1) is 25.4 Å². The van der Waals surface area contributed by atoms with Gasteiger partial charge in [0, 0.05) is 13.0 Å². The van der Waals surface area contributed by atoms with Crippen LogP contribution in [0.1, 0.15) is 232 Å². The Hall–Kier alpha value is -1.54. The second-order valence-corrected chi connectivity index (χ2v) is 18.1. The summed E-state index contributed by atoms with van der Waals surface area (Å²) in [6.07, 6.45) is 57.4. The van der Waals surface area contributed by atoms with E-state index in [0.29, 0.717) is 6.42 Å². The van der Waals surface area contributed by atoms with E-state index < -0.39 is 20.0 Å². The summed E-state index contributed by atoms with van der Waals surface area (Å²) in [5, 5.41) is 13.7. The zero-order valence-corrected chi connectivity index (χ0v) is 39.4. The Morgan fingerprint density at radius 3 is 1.41 bits per heavy atom. The summed E-state index contributed by atoms with van der Waals surface area (Å²) in [5.74, 6) is -0.208. The number of amides is 1. The minimum Gasteiger partial charge on any atom is -0.387 e. The smallest absolute Gasteiger partial charge is 0.387 e. The highest BCUT2D eigenvalue weighted by Gasteiger charge is 2.26. The first-order valence-electron chi connectivity index (χ1n) is 24.8. The van der Waals surface area contributed by atoms with Crippen molar-refractivity contribution in [3.63, 3.8) is 0 Å². The number of nitrogens with one attached hydrogen (secondary N) is 1. The lowest BCUT2D eigenvalue weighted by molar-refractivity contribution is -0.123. The number of aliphatic hydroxyl groups excluding tert-OH is 1. The van der Waals surface area contributed by atoms with Crippen molar-refractivity contribution in [3.05, 3.63) is 48.6 Å². The summed E-state index contributed by atoms with van der Waals surface area (Å²) in [4.78, 5) is 22.8. The predicted molar refractivity (Wildman–Crippen MR) is 254 cm³/mol. The number of phosphoric acid groups is 1. The van der Waals surface area contributed by atoms with Gasteiger partial charge in [-0.05, 0) is 64.2 Å². The van der Waals surface area contributed by atoms with Crippen LogP contribution in [0.3, 0.4) is 0 Å². The molecule has 0 bridgehead atoms. The second kappa shape index (κ2) is 46.0. The van der Waals surface area contributed by atoms with Crippen molar-refractivity contribution in [2.75, 3.05) is 19.8 Å². The van der Waals surface area contributed by atoms with Gasteiger partial charge in [-0.3, -0.25) is 13.8 Å². The van der Waals surface area contributed by atoms with Crippen LogP contribution in [-0.4, -0.2) is 47.8 Å². The minimum atomic E-state index is -4.35. The predicted octanol–water partition coefficient (Wildman–Crippen LogP) is 14.5. The molecule has 3 unspecified atom stereocenters. The van der Waals surface area contributed by atoms with Crippen molar-refractivity contribution >= 4 is 13.7 Å². The van der Waals surface area contributed by atoms with Gasteiger partial charge < -0.3 is 21.1 Å². The Bertz CT molecular complexity index is 1060. The Kier molecular flexibility index (Phi) is 44.8. The van der Waals surface area contributed by atoms with Gasteiger partial charge in [0.1, 0.15) is 0 Å². The maximum absolute atomic E-state index is 12.8. The number of carbonyl (C=O) groups is 1. The van der Waals surface area contributed by atoms with Gasteiger partial charge in [-0.2, -0.15) is 0 Å². The topological polar surface area (TPSA) is 131 Å². The number of aliphatic hydroxyl groups is 1. The average molecular weight is 851 g/mol. The van der Waals surface area contributed by atoms with Crippen LogP contribution >= 0.6 is 7.82 Å². The number of unbranched alkanes of at least 4 members (excludes halogenated alkanes) is 28. The molecule has 0 aliphatic heterocycles. The first kappa shape index (κ1) is 57.5. The molecular weight excluding hydrogens is 756 g/mol. The Morgan fingerprint density at radius 2 is 0.949 bits per heavy atom. The first-order chi connectivity index (χ1) is 28.9. The van der Waals surface area contributed by atoms with E-state index in [0.717, 1.165) is 44.9 Å². The zero-order chi connectivity index (χ0) is 43.2. The highest BCUT2D eigenvalue weighted by atomic mass is 31.2. The highest BCUT2D eigenvalue weighted by molar-refractivity contribution is 7.47. The van der Waals surface area contributed by atoms with E-state index in [4.69, 9.17) is 14.8 Å². The molecule has 0 aromatic rings. The fourth-order valence-electron chi connectivity index (χ4n) is 7.12. The van der Waals surface area contributed by atoms with Crippen LogP contribution in [0, 0.1) is 0 Å². The normalized spacial score (nSPS) is 14.3. The standard InChI is InChI=1S/C50H95N2O6P/c1-3-5-7-9-11-13-15-17-19-21-23-24-26-28-30-32-34-36-38-40-42-44-50(54)52-48(47-58-59(55,56)57-46-45-51)49(53)43-41-39-37-35-33-31-29-27-25-22-20-18-16-14-12-10-8-6-4-2/h15,17,21,23,33,35,41,43,48-49,53H,3-14,16,18-20,22,24-32,34,36-40,42,44-47,51H2,1-2H3,(H,52,54)(H,55,56)/b17-15-,23-21-,35-33+,43-41+. The molecule has 8 nitrogen and oxygen atoms in total. The Morgan fingerprint density at radius 1 is 0.559 bits per heavy atom. The number of allylic oxidation sites excluding steroid dienone is 7. The first-order valence-corrected chi connectivity index (χ1v) is 26.3. The molecule has 1 amide bonds. The third-order valence-corrected chi connectivity index (χ3v) is 11.9. The molecular formula is C50H95N2O6P. The number of hydrogen-bond acceptors (Lipinski definition) is 6. The summed E-state index contributed by atoms with van der Waals surface area (Å²) in [6, 6.07) is -0.881. The maximum atomic E-state index is 12.8. The molecule has 346 valence electrons. The molecule has 0 radical (unpaired) electrons. The van der Waals surface area contributed by atoms with Crippen molar-refractivity contribution in [1.82, 2.24) is 5.32 Å². The monoisotopic (exact) mass is 851 g/mol.